The van der Waals surface area contributed by atoms with Gasteiger partial charge in [0, 0.05) is 10.6 Å². The van der Waals surface area contributed by atoms with Gasteiger partial charge >= 0.3 is 0 Å². The van der Waals surface area contributed by atoms with E-state index in [4.69, 9.17) is 17.3 Å². The third-order valence-corrected chi connectivity index (χ3v) is 3.91. The van der Waals surface area contributed by atoms with Crippen molar-refractivity contribution in [3.8, 4) is 0 Å². The number of anilines is 2. The molecule has 0 unspecified atom stereocenters. The number of amides is 1. The van der Waals surface area contributed by atoms with Gasteiger partial charge in [-0.1, -0.05) is 11.6 Å². The van der Waals surface area contributed by atoms with E-state index < -0.39 is 11.6 Å². The summed E-state index contributed by atoms with van der Waals surface area (Å²) in [6, 6.07) is 7.78. The highest BCUT2D eigenvalue weighted by Gasteiger charge is 2.09. The van der Waals surface area contributed by atoms with Crippen LogP contribution in [0.5, 0.6) is 0 Å². The number of carbonyl (C=O) groups is 1. The van der Waals surface area contributed by atoms with E-state index in [1.807, 2.05) is 0 Å². The number of rotatable bonds is 4. The first-order valence-electron chi connectivity index (χ1n) is 5.88. The number of nitrogen functional groups attached to an aromatic ring is 1. The Morgan fingerprint density at radius 3 is 2.71 bits per heavy atom. The third kappa shape index (κ3) is 4.34. The summed E-state index contributed by atoms with van der Waals surface area (Å²) in [6.45, 7) is 0. The van der Waals surface area contributed by atoms with Crippen LogP contribution in [0.4, 0.5) is 20.2 Å². The van der Waals surface area contributed by atoms with Gasteiger partial charge in [-0.05, 0) is 36.4 Å². The molecule has 1 amide bonds. The minimum Gasteiger partial charge on any atom is -0.397 e. The molecule has 2 aromatic rings. The quantitative estimate of drug-likeness (QED) is 0.660. The summed E-state index contributed by atoms with van der Waals surface area (Å²) in [5.41, 5.74) is 6.45. The van der Waals surface area contributed by atoms with E-state index in [-0.39, 0.29) is 16.6 Å². The van der Waals surface area contributed by atoms with Crippen LogP contribution in [-0.4, -0.2) is 11.7 Å². The second-order valence-corrected chi connectivity index (χ2v) is 5.57. The summed E-state index contributed by atoms with van der Waals surface area (Å²) < 4.78 is 26.4. The normalized spacial score (nSPS) is 10.4. The van der Waals surface area contributed by atoms with Crippen molar-refractivity contribution in [1.82, 2.24) is 0 Å². The van der Waals surface area contributed by atoms with Crippen molar-refractivity contribution in [3.05, 3.63) is 53.1 Å². The van der Waals surface area contributed by atoms with Gasteiger partial charge in [0.2, 0.25) is 5.91 Å². The highest BCUT2D eigenvalue weighted by Crippen LogP contribution is 2.24. The van der Waals surface area contributed by atoms with E-state index in [9.17, 15) is 13.6 Å². The van der Waals surface area contributed by atoms with Crippen LogP contribution in [0.25, 0.3) is 0 Å². The Hall–Kier alpha value is -1.79. The van der Waals surface area contributed by atoms with Crippen molar-refractivity contribution >= 4 is 40.6 Å². The topological polar surface area (TPSA) is 55.1 Å². The molecular formula is C14H11ClF2N2OS. The molecule has 0 heterocycles. The molecule has 0 aliphatic rings. The summed E-state index contributed by atoms with van der Waals surface area (Å²) in [7, 11) is 0. The third-order valence-electron chi connectivity index (χ3n) is 2.53. The molecule has 21 heavy (non-hydrogen) atoms. The molecule has 0 saturated heterocycles. The molecule has 0 atom stereocenters. The lowest BCUT2D eigenvalue weighted by Crippen LogP contribution is -2.14. The highest BCUT2D eigenvalue weighted by atomic mass is 35.5. The maximum Gasteiger partial charge on any atom is 0.234 e. The SMILES string of the molecule is Nc1cc(NC(=O)CSc2cc(F)ccc2F)ccc1Cl. The number of benzene rings is 2. The molecule has 0 aliphatic carbocycles. The van der Waals surface area contributed by atoms with Gasteiger partial charge < -0.3 is 11.1 Å². The van der Waals surface area contributed by atoms with Crippen molar-refractivity contribution in [2.75, 3.05) is 16.8 Å². The lowest BCUT2D eigenvalue weighted by Gasteiger charge is -2.07. The van der Waals surface area contributed by atoms with Crippen molar-refractivity contribution < 1.29 is 13.6 Å². The predicted octanol–water partition coefficient (Wildman–Crippen LogP) is 3.93. The highest BCUT2D eigenvalue weighted by molar-refractivity contribution is 8.00. The Balaban J connectivity index is 1.95. The molecule has 3 N–H and O–H groups in total. The van der Waals surface area contributed by atoms with E-state index in [0.29, 0.717) is 16.4 Å². The van der Waals surface area contributed by atoms with Gasteiger partial charge in [0.1, 0.15) is 11.6 Å². The van der Waals surface area contributed by atoms with Crippen LogP contribution in [0.2, 0.25) is 5.02 Å². The lowest BCUT2D eigenvalue weighted by molar-refractivity contribution is -0.113. The van der Waals surface area contributed by atoms with Gasteiger partial charge in [0.25, 0.3) is 0 Å². The minimum absolute atomic E-state index is 0.0527. The summed E-state index contributed by atoms with van der Waals surface area (Å²) >= 11 is 6.68. The van der Waals surface area contributed by atoms with Crippen LogP contribution in [0.3, 0.4) is 0 Å². The Morgan fingerprint density at radius 1 is 1.24 bits per heavy atom. The maximum atomic E-state index is 13.4. The Labute approximate surface area is 129 Å². The lowest BCUT2D eigenvalue weighted by atomic mass is 10.3. The van der Waals surface area contributed by atoms with Crippen LogP contribution in [0.1, 0.15) is 0 Å². The smallest absolute Gasteiger partial charge is 0.234 e. The maximum absolute atomic E-state index is 13.4. The number of thioether (sulfide) groups is 1. The number of nitrogens with two attached hydrogens (primary N) is 1. The van der Waals surface area contributed by atoms with E-state index in [0.717, 1.165) is 30.0 Å². The number of nitrogens with one attached hydrogen (secondary N) is 1. The van der Waals surface area contributed by atoms with Gasteiger partial charge in [0.15, 0.2) is 0 Å². The van der Waals surface area contributed by atoms with Crippen molar-refractivity contribution in [2.24, 2.45) is 0 Å². The van der Waals surface area contributed by atoms with Crippen molar-refractivity contribution in [1.29, 1.82) is 0 Å². The molecule has 0 bridgehead atoms. The van der Waals surface area contributed by atoms with Crippen LogP contribution in [-0.2, 0) is 4.79 Å². The fraction of sp³-hybridized carbons (Fsp3) is 0.0714. The average Bonchev–Trinajstić information content (AvgIpc) is 2.44. The zero-order valence-corrected chi connectivity index (χ0v) is 12.3. The standard InChI is InChI=1S/C14H11ClF2N2OS/c15-10-3-2-9(6-12(10)18)19-14(20)7-21-13-5-8(16)1-4-11(13)17/h1-6H,7,18H2,(H,19,20). The monoisotopic (exact) mass is 328 g/mol. The fourth-order valence-corrected chi connectivity index (χ4v) is 2.43. The first kappa shape index (κ1) is 15.6. The first-order chi connectivity index (χ1) is 9.95. The molecular weight excluding hydrogens is 318 g/mol. The van der Waals surface area contributed by atoms with Gasteiger partial charge in [-0.3, -0.25) is 4.79 Å². The largest absolute Gasteiger partial charge is 0.397 e. The molecule has 2 aromatic carbocycles. The molecule has 0 aromatic heterocycles. The zero-order chi connectivity index (χ0) is 15.4. The second-order valence-electron chi connectivity index (χ2n) is 4.15. The molecule has 2 rings (SSSR count). The van der Waals surface area contributed by atoms with Crippen molar-refractivity contribution in [3.63, 3.8) is 0 Å². The van der Waals surface area contributed by atoms with Gasteiger partial charge in [-0.2, -0.15) is 0 Å². The van der Waals surface area contributed by atoms with E-state index in [1.54, 1.807) is 12.1 Å². The minimum atomic E-state index is -0.565. The summed E-state index contributed by atoms with van der Waals surface area (Å²) in [5, 5.41) is 2.99. The second kappa shape index (κ2) is 6.78. The fourth-order valence-electron chi connectivity index (χ4n) is 1.55. The van der Waals surface area contributed by atoms with Gasteiger partial charge in [-0.25, -0.2) is 8.78 Å². The Kier molecular flexibility index (Phi) is 5.03. The first-order valence-corrected chi connectivity index (χ1v) is 7.25. The molecule has 0 fully saturated rings. The summed E-state index contributed by atoms with van der Waals surface area (Å²) in [4.78, 5) is 11.8. The molecule has 0 saturated carbocycles. The number of carbonyl (C=O) groups excluding carboxylic acids is 1. The summed E-state index contributed by atoms with van der Waals surface area (Å²) in [5.74, 6) is -1.52. The predicted molar refractivity (Wildman–Crippen MR) is 81.6 cm³/mol. The molecule has 0 aliphatic heterocycles. The van der Waals surface area contributed by atoms with Gasteiger partial charge in [-0.15, -0.1) is 11.8 Å². The Bertz CT molecular complexity index is 682. The van der Waals surface area contributed by atoms with Crippen LogP contribution >= 0.6 is 23.4 Å². The van der Waals surface area contributed by atoms with Crippen LogP contribution in [0.15, 0.2) is 41.3 Å². The van der Waals surface area contributed by atoms with Crippen LogP contribution < -0.4 is 11.1 Å². The average molecular weight is 329 g/mol. The number of hydrogen-bond acceptors (Lipinski definition) is 3. The molecule has 0 radical (unpaired) electrons. The summed E-state index contributed by atoms with van der Waals surface area (Å²) in [6.07, 6.45) is 0. The molecule has 7 heteroatoms. The Morgan fingerprint density at radius 2 is 2.00 bits per heavy atom. The molecule has 0 spiro atoms. The van der Waals surface area contributed by atoms with Crippen LogP contribution in [0, 0.1) is 11.6 Å². The van der Waals surface area contributed by atoms with E-state index >= 15 is 0 Å². The van der Waals surface area contributed by atoms with E-state index in [2.05, 4.69) is 5.32 Å². The number of hydrogen-bond donors (Lipinski definition) is 2. The van der Waals surface area contributed by atoms with E-state index in [1.165, 1.54) is 6.07 Å². The zero-order valence-electron chi connectivity index (χ0n) is 10.7. The number of halogens is 3. The molecule has 110 valence electrons. The molecule has 3 nitrogen and oxygen atoms in total. The van der Waals surface area contributed by atoms with Gasteiger partial charge in [0.05, 0.1) is 16.5 Å². The van der Waals surface area contributed by atoms with Crippen molar-refractivity contribution in [2.45, 2.75) is 4.90 Å².